The van der Waals surface area contributed by atoms with Crippen molar-refractivity contribution >= 4 is 81.6 Å². The number of carbonyl (C=O) groups excluding carboxylic acids is 7. The lowest BCUT2D eigenvalue weighted by molar-refractivity contribution is -0.142. The number of anilines is 1. The second-order valence-electron chi connectivity index (χ2n) is 16.3. The van der Waals surface area contributed by atoms with Gasteiger partial charge in [-0.05, 0) is 47.5 Å². The SMILES string of the molecule is CC(C)C[C@H](NC(=O)C(NC(=O)[C@H](CC(=O)O)NC(=O)[C@H](CC(=O)N1CCN(c2ccccc2)CC1)NC(=O)[C@@H](N)CC(=O)O)c1cccs1)C(=O)N[C@@H](C=O)Cc1c[nH]c2ccccc12. The molecule has 352 valence electrons. The number of piperazine rings is 1. The van der Waals surface area contributed by atoms with Gasteiger partial charge in [-0.2, -0.15) is 0 Å². The molecule has 6 amide bonds. The number of rotatable bonds is 23. The van der Waals surface area contributed by atoms with Crippen LogP contribution >= 0.6 is 11.3 Å². The summed E-state index contributed by atoms with van der Waals surface area (Å²) in [5.41, 5.74) is 8.35. The monoisotopic (exact) mass is 929 g/mol. The molecule has 5 rings (SSSR count). The van der Waals surface area contributed by atoms with Crippen molar-refractivity contribution in [3.63, 3.8) is 0 Å². The molecule has 3 heterocycles. The maximum atomic E-state index is 14.1. The maximum absolute atomic E-state index is 14.1. The molecule has 2 aromatic heterocycles. The van der Waals surface area contributed by atoms with Crippen LogP contribution in [0, 0.1) is 5.92 Å². The number of aromatic nitrogens is 1. The van der Waals surface area contributed by atoms with Crippen molar-refractivity contribution in [3.05, 3.63) is 88.7 Å². The van der Waals surface area contributed by atoms with E-state index in [0.29, 0.717) is 19.4 Å². The molecule has 6 atom stereocenters. The van der Waals surface area contributed by atoms with Crippen LogP contribution in [0.1, 0.15) is 56.0 Å². The van der Waals surface area contributed by atoms with E-state index in [9.17, 15) is 53.4 Å². The van der Waals surface area contributed by atoms with Gasteiger partial charge in [0.2, 0.25) is 35.4 Å². The first-order valence-corrected chi connectivity index (χ1v) is 22.2. The Morgan fingerprint density at radius 1 is 0.712 bits per heavy atom. The van der Waals surface area contributed by atoms with Crippen molar-refractivity contribution < 1.29 is 53.4 Å². The number of nitrogens with two attached hydrogens (primary N) is 1. The number of thiophene rings is 1. The number of hydrogen-bond acceptors (Lipinski definition) is 12. The van der Waals surface area contributed by atoms with Crippen LogP contribution in [-0.4, -0.2) is 130 Å². The first kappa shape index (κ1) is 49.9. The Morgan fingerprint density at radius 2 is 1.32 bits per heavy atom. The Bertz CT molecular complexity index is 2350. The normalized spacial score (nSPS) is 15.3. The van der Waals surface area contributed by atoms with Crippen molar-refractivity contribution in [2.24, 2.45) is 11.7 Å². The quantitative estimate of drug-likeness (QED) is 0.0467. The summed E-state index contributed by atoms with van der Waals surface area (Å²) in [7, 11) is 0. The summed E-state index contributed by atoms with van der Waals surface area (Å²) in [5.74, 6) is -8.55. The minimum Gasteiger partial charge on any atom is -0.481 e. The van der Waals surface area contributed by atoms with Crippen LogP contribution in [0.15, 0.2) is 78.3 Å². The van der Waals surface area contributed by atoms with Crippen molar-refractivity contribution in [2.45, 2.75) is 82.2 Å². The van der Waals surface area contributed by atoms with Crippen LogP contribution in [0.25, 0.3) is 10.9 Å². The Hall–Kier alpha value is -7.13. The fourth-order valence-electron chi connectivity index (χ4n) is 7.46. The van der Waals surface area contributed by atoms with E-state index in [2.05, 4.69) is 36.5 Å². The number of carboxylic acids is 2. The topological polar surface area (TPSA) is 303 Å². The molecule has 0 saturated carbocycles. The third-order valence-electron chi connectivity index (χ3n) is 10.8. The molecule has 1 unspecified atom stereocenters. The van der Waals surface area contributed by atoms with Crippen LogP contribution < -0.4 is 37.2 Å². The fraction of sp³-hybridized carbons (Fsp3) is 0.400. The van der Waals surface area contributed by atoms with Crippen LogP contribution in [0.2, 0.25) is 0 Å². The van der Waals surface area contributed by atoms with E-state index in [4.69, 9.17) is 5.73 Å². The zero-order valence-electron chi connectivity index (χ0n) is 36.4. The van der Waals surface area contributed by atoms with Gasteiger partial charge in [-0.1, -0.05) is 56.3 Å². The highest BCUT2D eigenvalue weighted by molar-refractivity contribution is 7.10. The molecule has 20 nitrogen and oxygen atoms in total. The van der Waals surface area contributed by atoms with Gasteiger partial charge in [0.05, 0.1) is 31.3 Å². The molecule has 2 aromatic carbocycles. The van der Waals surface area contributed by atoms with E-state index in [1.807, 2.05) is 68.4 Å². The number of H-pyrrole nitrogens is 1. The number of carbonyl (C=O) groups is 9. The van der Waals surface area contributed by atoms with Gasteiger partial charge in [-0.15, -0.1) is 11.3 Å². The molecule has 1 aliphatic heterocycles. The van der Waals surface area contributed by atoms with Gasteiger partial charge >= 0.3 is 11.9 Å². The molecule has 0 radical (unpaired) electrons. The van der Waals surface area contributed by atoms with Gasteiger partial charge in [-0.3, -0.25) is 38.4 Å². The number of aliphatic carboxylic acids is 2. The van der Waals surface area contributed by atoms with Crippen LogP contribution in [-0.2, 0) is 49.6 Å². The Morgan fingerprint density at radius 3 is 1.95 bits per heavy atom. The van der Waals surface area contributed by atoms with Crippen molar-refractivity contribution in [1.29, 1.82) is 0 Å². The molecule has 1 saturated heterocycles. The molecule has 21 heteroatoms. The predicted octanol–water partition coefficient (Wildman–Crippen LogP) is 0.829. The van der Waals surface area contributed by atoms with Crippen molar-refractivity contribution in [3.8, 4) is 0 Å². The Kier molecular flexibility index (Phi) is 17.9. The number of fused-ring (bicyclic) bond motifs is 1. The highest BCUT2D eigenvalue weighted by Gasteiger charge is 2.36. The molecule has 0 bridgehead atoms. The van der Waals surface area contributed by atoms with Gasteiger partial charge in [0, 0.05) is 60.3 Å². The number of carboxylic acid groups (broad SMARTS) is 2. The van der Waals surface area contributed by atoms with E-state index in [1.165, 1.54) is 11.0 Å². The zero-order valence-corrected chi connectivity index (χ0v) is 37.3. The largest absolute Gasteiger partial charge is 0.481 e. The maximum Gasteiger partial charge on any atom is 0.305 e. The summed E-state index contributed by atoms with van der Waals surface area (Å²) in [4.78, 5) is 125. The first-order valence-electron chi connectivity index (χ1n) is 21.3. The lowest BCUT2D eigenvalue weighted by Crippen LogP contribution is -2.59. The highest BCUT2D eigenvalue weighted by Crippen LogP contribution is 2.22. The summed E-state index contributed by atoms with van der Waals surface area (Å²) in [6.45, 7) is 5.07. The van der Waals surface area contributed by atoms with E-state index >= 15 is 0 Å². The standard InChI is InChI=1S/C45H55N9O11S/c1-26(2)19-33(42(62)48-28(25-55)20-27-24-47-32-12-7-6-11-30(27)32)51-45(65)40(36-13-8-18-66-36)52-44(64)35(23-39(59)60)50-43(63)34(49-41(61)31(46)21-38(57)58)22-37(56)54-16-14-53(15-17-54)29-9-4-3-5-10-29/h3-13,18,24-26,28,31,33-35,40,47H,14-17,19-23,46H2,1-2H3,(H,48,62)(H,49,61)(H,50,63)(H,51,65)(H,52,64)(H,57,58)(H,59,60)/t28-,31+,33+,34+,35+,40?/m1/s1. The number of hydrogen-bond donors (Lipinski definition) is 9. The van der Waals surface area contributed by atoms with Crippen LogP contribution in [0.3, 0.4) is 0 Å². The van der Waals surface area contributed by atoms with Gasteiger partial charge in [-0.25, -0.2) is 0 Å². The smallest absolute Gasteiger partial charge is 0.305 e. The minimum atomic E-state index is -1.88. The average molecular weight is 930 g/mol. The third kappa shape index (κ3) is 14.2. The number of benzene rings is 2. The van der Waals surface area contributed by atoms with Gasteiger partial charge in [0.15, 0.2) is 0 Å². The van der Waals surface area contributed by atoms with Gasteiger partial charge in [0.1, 0.15) is 30.5 Å². The van der Waals surface area contributed by atoms with Crippen LogP contribution in [0.5, 0.6) is 0 Å². The summed E-state index contributed by atoms with van der Waals surface area (Å²) in [6, 6.07) is 11.2. The summed E-state index contributed by atoms with van der Waals surface area (Å²) in [5, 5.41) is 34.0. The Balaban J connectivity index is 1.31. The molecule has 0 spiro atoms. The van der Waals surface area contributed by atoms with Crippen molar-refractivity contribution in [2.75, 3.05) is 31.1 Å². The lowest BCUT2D eigenvalue weighted by Gasteiger charge is -2.36. The molecular formula is C45H55N9O11S. The molecular weight excluding hydrogens is 875 g/mol. The number of aldehydes is 1. The zero-order chi connectivity index (χ0) is 47.9. The predicted molar refractivity (Wildman–Crippen MR) is 243 cm³/mol. The molecule has 4 aromatic rings. The molecule has 66 heavy (non-hydrogen) atoms. The summed E-state index contributed by atoms with van der Waals surface area (Å²) in [6.07, 6.45) is 0.160. The molecule has 0 aliphatic carbocycles. The third-order valence-corrected chi connectivity index (χ3v) is 11.8. The lowest BCUT2D eigenvalue weighted by atomic mass is 10.0. The number of para-hydroxylation sites is 2. The summed E-state index contributed by atoms with van der Waals surface area (Å²) < 4.78 is 0. The fourth-order valence-corrected chi connectivity index (χ4v) is 8.23. The van der Waals surface area contributed by atoms with E-state index < -0.39 is 103 Å². The first-order chi connectivity index (χ1) is 31.5. The molecule has 1 fully saturated rings. The highest BCUT2D eigenvalue weighted by atomic mass is 32.1. The second kappa shape index (κ2) is 23.7. The summed E-state index contributed by atoms with van der Waals surface area (Å²) >= 11 is 1.07. The van der Waals surface area contributed by atoms with E-state index in [1.54, 1.807) is 17.6 Å². The van der Waals surface area contributed by atoms with Gasteiger partial charge in [0.25, 0.3) is 0 Å². The van der Waals surface area contributed by atoms with Gasteiger partial charge < -0.3 is 62.1 Å². The number of amides is 6. The number of nitrogens with one attached hydrogen (secondary N) is 6. The van der Waals surface area contributed by atoms with Crippen LogP contribution in [0.4, 0.5) is 5.69 Å². The van der Waals surface area contributed by atoms with E-state index in [-0.39, 0.29) is 36.7 Å². The Labute approximate surface area is 384 Å². The number of aromatic amines is 1. The second-order valence-corrected chi connectivity index (χ2v) is 17.3. The molecule has 1 aliphatic rings. The average Bonchev–Trinajstić information content (AvgIpc) is 3.97. The molecule has 10 N–H and O–H groups in total. The van der Waals surface area contributed by atoms with Crippen molar-refractivity contribution in [1.82, 2.24) is 36.5 Å². The number of nitrogens with zero attached hydrogens (tertiary/aromatic N) is 2. The van der Waals surface area contributed by atoms with E-state index in [0.717, 1.165) is 33.5 Å². The minimum absolute atomic E-state index is 0.129.